The molecule has 8 nitrogen and oxygen atoms in total. The molecule has 1 aromatic carbocycles. The number of aromatic amines is 1. The van der Waals surface area contributed by atoms with Crippen molar-refractivity contribution in [1.82, 2.24) is 30.3 Å². The lowest BCUT2D eigenvalue weighted by Gasteiger charge is -2.10. The highest BCUT2D eigenvalue weighted by Gasteiger charge is 2.12. The van der Waals surface area contributed by atoms with E-state index in [0.717, 1.165) is 5.56 Å². The van der Waals surface area contributed by atoms with Gasteiger partial charge < -0.3 is 5.32 Å². The molecular formula is C19H16N6O2. The standard InChI is InChI=1S/C19H16N6O2/c26-17(11-16-14-6-1-2-7-15(14)19(27)24-23-16)21-12-13-5-3-8-20-18(13)25-10-4-9-22-25/h1-10H,11-12H2,(H,21,26)(H,24,27). The number of nitrogens with one attached hydrogen (secondary N) is 2. The summed E-state index contributed by atoms with van der Waals surface area (Å²) < 4.78 is 1.65. The summed E-state index contributed by atoms with van der Waals surface area (Å²) in [7, 11) is 0. The van der Waals surface area contributed by atoms with E-state index in [1.165, 1.54) is 0 Å². The van der Waals surface area contributed by atoms with E-state index in [1.807, 2.05) is 24.3 Å². The van der Waals surface area contributed by atoms with Gasteiger partial charge in [0.1, 0.15) is 0 Å². The molecule has 0 atom stereocenters. The predicted octanol–water partition coefficient (Wildman–Crippen LogP) is 1.36. The van der Waals surface area contributed by atoms with Crippen molar-refractivity contribution in [2.24, 2.45) is 0 Å². The van der Waals surface area contributed by atoms with Gasteiger partial charge in [-0.15, -0.1) is 0 Å². The number of carbonyl (C=O) groups is 1. The van der Waals surface area contributed by atoms with Crippen molar-refractivity contribution >= 4 is 16.7 Å². The lowest BCUT2D eigenvalue weighted by molar-refractivity contribution is -0.120. The molecule has 4 aromatic rings. The smallest absolute Gasteiger partial charge is 0.272 e. The molecule has 0 saturated heterocycles. The summed E-state index contributed by atoms with van der Waals surface area (Å²) in [6.45, 7) is 0.309. The molecule has 3 heterocycles. The quantitative estimate of drug-likeness (QED) is 0.559. The maximum atomic E-state index is 12.4. The highest BCUT2D eigenvalue weighted by molar-refractivity contribution is 5.88. The van der Waals surface area contributed by atoms with E-state index in [4.69, 9.17) is 0 Å². The molecule has 0 bridgehead atoms. The van der Waals surface area contributed by atoms with Crippen LogP contribution in [0.1, 0.15) is 11.3 Å². The normalized spacial score (nSPS) is 10.8. The molecule has 8 heteroatoms. The number of rotatable bonds is 5. The van der Waals surface area contributed by atoms with Crippen molar-refractivity contribution in [3.8, 4) is 5.82 Å². The summed E-state index contributed by atoms with van der Waals surface area (Å²) in [5, 5.41) is 14.7. The third kappa shape index (κ3) is 3.45. The lowest BCUT2D eigenvalue weighted by Crippen LogP contribution is -2.26. The van der Waals surface area contributed by atoms with Crippen LogP contribution in [0.3, 0.4) is 0 Å². The van der Waals surface area contributed by atoms with Crippen molar-refractivity contribution in [3.05, 3.63) is 82.7 Å². The molecule has 0 spiro atoms. The molecule has 0 fully saturated rings. The number of H-pyrrole nitrogens is 1. The average Bonchev–Trinajstić information content (AvgIpc) is 3.24. The molecule has 1 amide bonds. The van der Waals surface area contributed by atoms with Gasteiger partial charge >= 0.3 is 0 Å². The number of aromatic nitrogens is 5. The molecule has 0 aliphatic rings. The van der Waals surface area contributed by atoms with Gasteiger partial charge in [-0.2, -0.15) is 10.2 Å². The number of carbonyl (C=O) groups excluding carboxylic acids is 1. The topological polar surface area (TPSA) is 106 Å². The Bertz CT molecular complexity index is 1150. The summed E-state index contributed by atoms with van der Waals surface area (Å²) >= 11 is 0. The largest absolute Gasteiger partial charge is 0.352 e. The molecule has 0 aliphatic carbocycles. The third-order valence-electron chi connectivity index (χ3n) is 4.17. The molecule has 0 unspecified atom stereocenters. The van der Waals surface area contributed by atoms with Gasteiger partial charge in [-0.05, 0) is 18.2 Å². The van der Waals surface area contributed by atoms with Crippen LogP contribution in [0.15, 0.2) is 65.8 Å². The number of amides is 1. The number of hydrogen-bond acceptors (Lipinski definition) is 5. The number of fused-ring (bicyclic) bond motifs is 1. The van der Waals surface area contributed by atoms with E-state index in [1.54, 1.807) is 41.5 Å². The Morgan fingerprint density at radius 1 is 1.07 bits per heavy atom. The van der Waals surface area contributed by atoms with E-state index < -0.39 is 0 Å². The fourth-order valence-corrected chi connectivity index (χ4v) is 2.88. The number of benzene rings is 1. The van der Waals surface area contributed by atoms with E-state index in [9.17, 15) is 9.59 Å². The summed E-state index contributed by atoms with van der Waals surface area (Å²) in [6, 6.07) is 12.6. The Balaban J connectivity index is 1.51. The van der Waals surface area contributed by atoms with Gasteiger partial charge in [-0.25, -0.2) is 14.8 Å². The first-order valence-corrected chi connectivity index (χ1v) is 8.39. The van der Waals surface area contributed by atoms with Crippen LogP contribution < -0.4 is 10.9 Å². The van der Waals surface area contributed by atoms with Crippen LogP contribution in [-0.2, 0) is 17.8 Å². The Kier molecular flexibility index (Phi) is 4.44. The molecule has 134 valence electrons. The zero-order valence-electron chi connectivity index (χ0n) is 14.3. The monoisotopic (exact) mass is 360 g/mol. The molecule has 4 rings (SSSR count). The van der Waals surface area contributed by atoms with Crippen LogP contribution in [-0.4, -0.2) is 30.9 Å². The number of nitrogens with zero attached hydrogens (tertiary/aromatic N) is 4. The average molecular weight is 360 g/mol. The Hall–Kier alpha value is -3.81. The van der Waals surface area contributed by atoms with Crippen LogP contribution in [0.5, 0.6) is 0 Å². The maximum Gasteiger partial charge on any atom is 0.272 e. The van der Waals surface area contributed by atoms with Gasteiger partial charge in [0, 0.05) is 36.1 Å². The van der Waals surface area contributed by atoms with Gasteiger partial charge in [-0.3, -0.25) is 9.59 Å². The van der Waals surface area contributed by atoms with Gasteiger partial charge in [0.15, 0.2) is 5.82 Å². The van der Waals surface area contributed by atoms with E-state index in [-0.39, 0.29) is 17.9 Å². The van der Waals surface area contributed by atoms with E-state index in [2.05, 4.69) is 25.6 Å². The zero-order valence-corrected chi connectivity index (χ0v) is 14.3. The first-order chi connectivity index (χ1) is 13.2. The molecule has 27 heavy (non-hydrogen) atoms. The van der Waals surface area contributed by atoms with Crippen molar-refractivity contribution in [1.29, 1.82) is 0 Å². The van der Waals surface area contributed by atoms with E-state index in [0.29, 0.717) is 28.8 Å². The lowest BCUT2D eigenvalue weighted by atomic mass is 10.1. The highest BCUT2D eigenvalue weighted by atomic mass is 16.1. The van der Waals surface area contributed by atoms with E-state index >= 15 is 0 Å². The number of hydrogen-bond donors (Lipinski definition) is 2. The molecule has 0 saturated carbocycles. The molecule has 0 radical (unpaired) electrons. The Morgan fingerprint density at radius 3 is 2.74 bits per heavy atom. The zero-order chi connectivity index (χ0) is 18.6. The van der Waals surface area contributed by atoms with Gasteiger partial charge in [-0.1, -0.05) is 24.3 Å². The maximum absolute atomic E-state index is 12.4. The molecular weight excluding hydrogens is 344 g/mol. The first kappa shape index (κ1) is 16.6. The summed E-state index contributed by atoms with van der Waals surface area (Å²) in [6.07, 6.45) is 5.21. The van der Waals surface area contributed by atoms with Crippen molar-refractivity contribution < 1.29 is 4.79 Å². The molecule has 2 N–H and O–H groups in total. The minimum absolute atomic E-state index is 0.0641. The van der Waals surface area contributed by atoms with Crippen LogP contribution in [0.2, 0.25) is 0 Å². The molecule has 3 aromatic heterocycles. The van der Waals surface area contributed by atoms with Gasteiger partial charge in [0.05, 0.1) is 17.5 Å². The van der Waals surface area contributed by atoms with Crippen molar-refractivity contribution in [3.63, 3.8) is 0 Å². The minimum atomic E-state index is -0.269. The van der Waals surface area contributed by atoms with Crippen molar-refractivity contribution in [2.45, 2.75) is 13.0 Å². The van der Waals surface area contributed by atoms with Crippen LogP contribution in [0, 0.1) is 0 Å². The summed E-state index contributed by atoms with van der Waals surface area (Å²) in [5.74, 6) is 0.463. The minimum Gasteiger partial charge on any atom is -0.352 e. The Labute approximate surface area is 153 Å². The van der Waals surface area contributed by atoms with Crippen LogP contribution in [0.25, 0.3) is 16.6 Å². The fourth-order valence-electron chi connectivity index (χ4n) is 2.88. The highest BCUT2D eigenvalue weighted by Crippen LogP contribution is 2.13. The second-order valence-electron chi connectivity index (χ2n) is 5.94. The SMILES string of the molecule is O=C(Cc1n[nH]c(=O)c2ccccc12)NCc1cccnc1-n1cccn1. The van der Waals surface area contributed by atoms with Crippen LogP contribution >= 0.6 is 0 Å². The predicted molar refractivity (Wildman–Crippen MR) is 99.3 cm³/mol. The number of pyridine rings is 1. The Morgan fingerprint density at radius 2 is 1.93 bits per heavy atom. The first-order valence-electron chi connectivity index (χ1n) is 8.39. The summed E-state index contributed by atoms with van der Waals surface area (Å²) in [5.41, 5.74) is 1.10. The molecule has 0 aliphatic heterocycles. The second kappa shape index (κ2) is 7.20. The summed E-state index contributed by atoms with van der Waals surface area (Å²) in [4.78, 5) is 28.6. The van der Waals surface area contributed by atoms with Gasteiger partial charge in [0.25, 0.3) is 5.56 Å². The fraction of sp³-hybridized carbons (Fsp3) is 0.105. The van der Waals surface area contributed by atoms with Crippen molar-refractivity contribution in [2.75, 3.05) is 0 Å². The second-order valence-corrected chi connectivity index (χ2v) is 5.94. The van der Waals surface area contributed by atoms with Crippen LogP contribution in [0.4, 0.5) is 0 Å². The third-order valence-corrected chi connectivity index (χ3v) is 4.17. The van der Waals surface area contributed by atoms with Gasteiger partial charge in [0.2, 0.25) is 5.91 Å².